The molecule has 2 aromatic carbocycles. The van der Waals surface area contributed by atoms with Crippen LogP contribution in [-0.4, -0.2) is 25.7 Å². The van der Waals surface area contributed by atoms with Crippen LogP contribution in [0.2, 0.25) is 0 Å². The van der Waals surface area contributed by atoms with E-state index in [1.54, 1.807) is 36.4 Å². The van der Waals surface area contributed by atoms with Gasteiger partial charge in [0.25, 0.3) is 15.6 Å². The lowest BCUT2D eigenvalue weighted by atomic mass is 9.90. The number of aryl methyl sites for hydroxylation is 1. The number of methoxy groups -OCH3 is 1. The highest BCUT2D eigenvalue weighted by Gasteiger charge is 2.24. The van der Waals surface area contributed by atoms with E-state index in [0.717, 1.165) is 36.0 Å². The first-order chi connectivity index (χ1) is 14.4. The lowest BCUT2D eigenvalue weighted by molar-refractivity contribution is 0.403. The fourth-order valence-corrected chi connectivity index (χ4v) is 5.10. The highest BCUT2D eigenvalue weighted by molar-refractivity contribution is 7.92. The van der Waals surface area contributed by atoms with Crippen LogP contribution < -0.4 is 15.0 Å². The standard InChI is InChI=1S/C22H23N3O4S/c1-14-6-5-7-16(12-14)25-30(27,28)20-13-15(10-11-19(20)29-2)21-17-8-3-4-9-18(17)22(26)24-23-21/h5-7,10-13,25H,3-4,8-9H2,1-2H3,(H,24,26). The molecule has 0 spiro atoms. The summed E-state index contributed by atoms with van der Waals surface area (Å²) in [5.74, 6) is 0.234. The molecule has 0 bridgehead atoms. The molecule has 156 valence electrons. The van der Waals surface area contributed by atoms with Gasteiger partial charge < -0.3 is 4.74 Å². The zero-order valence-corrected chi connectivity index (χ0v) is 17.7. The zero-order chi connectivity index (χ0) is 21.3. The molecular formula is C22H23N3O4S. The number of anilines is 1. The van der Waals surface area contributed by atoms with E-state index in [4.69, 9.17) is 4.74 Å². The van der Waals surface area contributed by atoms with Crippen LogP contribution in [-0.2, 0) is 22.9 Å². The van der Waals surface area contributed by atoms with E-state index < -0.39 is 10.0 Å². The normalized spacial score (nSPS) is 13.5. The van der Waals surface area contributed by atoms with Gasteiger partial charge in [0.1, 0.15) is 10.6 Å². The Balaban J connectivity index is 1.81. The Labute approximate surface area is 175 Å². The SMILES string of the molecule is COc1ccc(-c2n[nH]c(=O)c3c2CCCC3)cc1S(=O)(=O)Nc1cccc(C)c1. The number of ether oxygens (including phenoxy) is 1. The Morgan fingerprint density at radius 2 is 1.83 bits per heavy atom. The van der Waals surface area contributed by atoms with Crippen molar-refractivity contribution in [3.63, 3.8) is 0 Å². The first kappa shape index (κ1) is 20.2. The number of aromatic nitrogens is 2. The Morgan fingerprint density at radius 3 is 2.57 bits per heavy atom. The average molecular weight is 426 g/mol. The van der Waals surface area contributed by atoms with Gasteiger partial charge in [0.05, 0.1) is 12.8 Å². The van der Waals surface area contributed by atoms with Crippen molar-refractivity contribution in [3.8, 4) is 17.0 Å². The van der Waals surface area contributed by atoms with Crippen molar-refractivity contribution >= 4 is 15.7 Å². The lowest BCUT2D eigenvalue weighted by Crippen LogP contribution is -2.21. The lowest BCUT2D eigenvalue weighted by Gasteiger charge is -2.18. The molecule has 1 aliphatic carbocycles. The summed E-state index contributed by atoms with van der Waals surface area (Å²) in [6, 6.07) is 12.1. The second-order valence-electron chi connectivity index (χ2n) is 7.41. The molecular weight excluding hydrogens is 402 g/mol. The molecule has 0 radical (unpaired) electrons. The van der Waals surface area contributed by atoms with Crippen LogP contribution in [0.25, 0.3) is 11.3 Å². The van der Waals surface area contributed by atoms with E-state index in [1.165, 1.54) is 7.11 Å². The molecule has 0 aliphatic heterocycles. The minimum Gasteiger partial charge on any atom is -0.495 e. The minimum absolute atomic E-state index is 0.0153. The van der Waals surface area contributed by atoms with Gasteiger partial charge in [-0.15, -0.1) is 0 Å². The van der Waals surface area contributed by atoms with Crippen LogP contribution in [0.1, 0.15) is 29.5 Å². The third-order valence-electron chi connectivity index (χ3n) is 5.29. The molecule has 1 aromatic heterocycles. The first-order valence-corrected chi connectivity index (χ1v) is 11.3. The Hall–Kier alpha value is -3.13. The summed E-state index contributed by atoms with van der Waals surface area (Å²) in [5.41, 5.74) is 4.11. The molecule has 0 fully saturated rings. The molecule has 3 aromatic rings. The molecule has 30 heavy (non-hydrogen) atoms. The van der Waals surface area contributed by atoms with Gasteiger partial charge in [-0.1, -0.05) is 12.1 Å². The van der Waals surface area contributed by atoms with Crippen molar-refractivity contribution < 1.29 is 13.2 Å². The summed E-state index contributed by atoms with van der Waals surface area (Å²) < 4.78 is 34.2. The highest BCUT2D eigenvalue weighted by Crippen LogP contribution is 2.33. The third kappa shape index (κ3) is 3.82. The van der Waals surface area contributed by atoms with Crippen molar-refractivity contribution in [3.05, 3.63) is 69.5 Å². The van der Waals surface area contributed by atoms with Gasteiger partial charge in [0.2, 0.25) is 0 Å². The Morgan fingerprint density at radius 1 is 1.07 bits per heavy atom. The molecule has 0 atom stereocenters. The summed E-state index contributed by atoms with van der Waals surface area (Å²) >= 11 is 0. The van der Waals surface area contributed by atoms with Gasteiger partial charge in [0.15, 0.2) is 0 Å². The minimum atomic E-state index is -3.91. The summed E-state index contributed by atoms with van der Waals surface area (Å²) in [6.45, 7) is 1.89. The predicted molar refractivity (Wildman–Crippen MR) is 115 cm³/mol. The maximum atomic E-state index is 13.1. The second-order valence-corrected chi connectivity index (χ2v) is 9.06. The Bertz CT molecular complexity index is 1270. The van der Waals surface area contributed by atoms with Crippen LogP contribution in [0, 0.1) is 6.92 Å². The average Bonchev–Trinajstić information content (AvgIpc) is 2.73. The molecule has 8 heteroatoms. The van der Waals surface area contributed by atoms with Gasteiger partial charge in [-0.3, -0.25) is 9.52 Å². The number of nitrogens with one attached hydrogen (secondary N) is 2. The number of sulfonamides is 1. The topological polar surface area (TPSA) is 101 Å². The number of hydrogen-bond acceptors (Lipinski definition) is 5. The molecule has 0 unspecified atom stereocenters. The fraction of sp³-hybridized carbons (Fsp3) is 0.273. The van der Waals surface area contributed by atoms with Gasteiger partial charge in [-0.05, 0) is 74.1 Å². The quantitative estimate of drug-likeness (QED) is 0.652. The third-order valence-corrected chi connectivity index (χ3v) is 6.70. The van der Waals surface area contributed by atoms with Gasteiger partial charge in [-0.2, -0.15) is 5.10 Å². The maximum Gasteiger partial charge on any atom is 0.267 e. The number of benzene rings is 2. The van der Waals surface area contributed by atoms with Crippen molar-refractivity contribution in [2.75, 3.05) is 11.8 Å². The van der Waals surface area contributed by atoms with Gasteiger partial charge in [-0.25, -0.2) is 13.5 Å². The van der Waals surface area contributed by atoms with Gasteiger partial charge >= 0.3 is 0 Å². The monoisotopic (exact) mass is 425 g/mol. The number of rotatable bonds is 5. The molecule has 0 saturated heterocycles. The van der Waals surface area contributed by atoms with Crippen molar-refractivity contribution in [1.82, 2.24) is 10.2 Å². The molecule has 0 saturated carbocycles. The number of fused-ring (bicyclic) bond motifs is 1. The van der Waals surface area contributed by atoms with Crippen LogP contribution in [0.5, 0.6) is 5.75 Å². The van der Waals surface area contributed by atoms with Crippen LogP contribution in [0.15, 0.2) is 52.2 Å². The van der Waals surface area contributed by atoms with E-state index in [2.05, 4.69) is 14.9 Å². The number of nitrogens with zero attached hydrogens (tertiary/aromatic N) is 1. The van der Waals surface area contributed by atoms with Crippen molar-refractivity contribution in [2.24, 2.45) is 0 Å². The van der Waals surface area contributed by atoms with Crippen molar-refractivity contribution in [2.45, 2.75) is 37.5 Å². The summed E-state index contributed by atoms with van der Waals surface area (Å²) in [5, 5.41) is 6.80. The van der Waals surface area contributed by atoms with Crippen molar-refractivity contribution in [1.29, 1.82) is 0 Å². The zero-order valence-electron chi connectivity index (χ0n) is 16.9. The molecule has 1 aliphatic rings. The number of H-pyrrole nitrogens is 1. The molecule has 2 N–H and O–H groups in total. The van der Waals surface area contributed by atoms with Crippen LogP contribution in [0.3, 0.4) is 0 Å². The first-order valence-electron chi connectivity index (χ1n) is 9.77. The van der Waals surface area contributed by atoms with E-state index in [9.17, 15) is 13.2 Å². The van der Waals surface area contributed by atoms with E-state index in [-0.39, 0.29) is 16.2 Å². The number of hydrogen-bond donors (Lipinski definition) is 2. The summed E-state index contributed by atoms with van der Waals surface area (Å²) in [4.78, 5) is 12.2. The van der Waals surface area contributed by atoms with Crippen LogP contribution in [0.4, 0.5) is 5.69 Å². The number of aromatic amines is 1. The molecule has 1 heterocycles. The van der Waals surface area contributed by atoms with Gasteiger partial charge in [0, 0.05) is 16.8 Å². The highest BCUT2D eigenvalue weighted by atomic mass is 32.2. The van der Waals surface area contributed by atoms with Crippen LogP contribution >= 0.6 is 0 Å². The summed E-state index contributed by atoms with van der Waals surface area (Å²) in [7, 11) is -2.48. The predicted octanol–water partition coefficient (Wildman–Crippen LogP) is 3.43. The van der Waals surface area contributed by atoms with E-state index in [0.29, 0.717) is 23.4 Å². The fourth-order valence-electron chi connectivity index (χ4n) is 3.85. The van der Waals surface area contributed by atoms with E-state index >= 15 is 0 Å². The largest absolute Gasteiger partial charge is 0.495 e. The molecule has 0 amide bonds. The van der Waals surface area contributed by atoms with E-state index in [1.807, 2.05) is 13.0 Å². The second kappa shape index (κ2) is 7.95. The smallest absolute Gasteiger partial charge is 0.267 e. The summed E-state index contributed by atoms with van der Waals surface area (Å²) in [6.07, 6.45) is 3.39. The Kier molecular flexibility index (Phi) is 5.34. The maximum absolute atomic E-state index is 13.1. The molecule has 4 rings (SSSR count). The molecule has 7 nitrogen and oxygen atoms in total.